The molecule has 6 nitrogen and oxygen atoms in total. The topological polar surface area (TPSA) is 73.6 Å². The van der Waals surface area contributed by atoms with Crippen molar-refractivity contribution in [3.63, 3.8) is 0 Å². The predicted molar refractivity (Wildman–Crippen MR) is 106 cm³/mol. The van der Waals surface area contributed by atoms with Gasteiger partial charge in [-0.15, -0.1) is 0 Å². The number of aliphatic hydroxyl groups excluding tert-OH is 1. The van der Waals surface area contributed by atoms with Crippen LogP contribution < -0.4 is 4.74 Å². The minimum Gasteiger partial charge on any atom is -0.491 e. The second-order valence-electron chi connectivity index (χ2n) is 7.12. The van der Waals surface area contributed by atoms with Crippen LogP contribution in [0.4, 0.5) is 0 Å². The van der Waals surface area contributed by atoms with E-state index < -0.39 is 6.10 Å². The highest BCUT2D eigenvalue weighted by Crippen LogP contribution is 2.30. The molecule has 0 aliphatic carbocycles. The summed E-state index contributed by atoms with van der Waals surface area (Å²) in [5, 5.41) is 10.6. The Morgan fingerprint density at radius 2 is 2.07 bits per heavy atom. The maximum atomic E-state index is 11.3. The zero-order chi connectivity index (χ0) is 19.5. The molecule has 0 bridgehead atoms. The number of aromatic nitrogens is 2. The van der Waals surface area contributed by atoms with Gasteiger partial charge in [0.25, 0.3) is 0 Å². The number of Topliss-reactive ketones (excluding diaryl/α,β-unsaturated/α-hetero) is 1. The predicted octanol–water partition coefficient (Wildman–Crippen LogP) is 3.53. The maximum absolute atomic E-state index is 11.3. The van der Waals surface area contributed by atoms with Crippen LogP contribution in [0.25, 0.3) is 11.0 Å². The van der Waals surface area contributed by atoms with Crippen LogP contribution in [0.3, 0.4) is 0 Å². The number of rotatable bonds is 7. The van der Waals surface area contributed by atoms with E-state index in [4.69, 9.17) is 14.5 Å². The van der Waals surface area contributed by atoms with Gasteiger partial charge in [-0.2, -0.15) is 0 Å². The molecule has 0 radical (unpaired) electrons. The van der Waals surface area contributed by atoms with E-state index >= 15 is 0 Å². The largest absolute Gasteiger partial charge is 0.491 e. The molecule has 1 saturated heterocycles. The molecule has 1 aromatic heterocycles. The Morgan fingerprint density at radius 1 is 1.29 bits per heavy atom. The molecule has 1 fully saturated rings. The second kappa shape index (κ2) is 8.12. The average Bonchev–Trinajstić information content (AvgIpc) is 3.35. The molecule has 2 unspecified atom stereocenters. The Hall–Kier alpha value is -2.70. The van der Waals surface area contributed by atoms with E-state index in [0.717, 1.165) is 36.3 Å². The first-order valence-electron chi connectivity index (χ1n) is 9.60. The van der Waals surface area contributed by atoms with E-state index in [1.54, 1.807) is 24.3 Å². The molecule has 0 amide bonds. The normalized spacial score (nSPS) is 17.7. The second-order valence-corrected chi connectivity index (χ2v) is 7.12. The van der Waals surface area contributed by atoms with Crippen LogP contribution in [0.2, 0.25) is 0 Å². The fraction of sp³-hybridized carbons (Fsp3) is 0.364. The van der Waals surface area contributed by atoms with E-state index in [-0.39, 0.29) is 18.5 Å². The molecule has 2 atom stereocenters. The molecule has 0 saturated carbocycles. The van der Waals surface area contributed by atoms with Crippen molar-refractivity contribution in [2.24, 2.45) is 0 Å². The van der Waals surface area contributed by atoms with Gasteiger partial charge in [-0.25, -0.2) is 4.98 Å². The van der Waals surface area contributed by atoms with Crippen molar-refractivity contribution in [3.05, 3.63) is 59.9 Å². The molecular weight excluding hydrogens is 356 g/mol. The van der Waals surface area contributed by atoms with Gasteiger partial charge in [0.2, 0.25) is 0 Å². The number of fused-ring (bicyclic) bond motifs is 1. The number of hydrogen-bond acceptors (Lipinski definition) is 5. The summed E-state index contributed by atoms with van der Waals surface area (Å²) in [5.41, 5.74) is 2.53. The van der Waals surface area contributed by atoms with Crippen LogP contribution in [-0.2, 0) is 11.3 Å². The summed E-state index contributed by atoms with van der Waals surface area (Å²) in [6.45, 7) is 2.80. The molecule has 1 aliphatic rings. The Morgan fingerprint density at radius 3 is 2.79 bits per heavy atom. The maximum Gasteiger partial charge on any atom is 0.159 e. The van der Waals surface area contributed by atoms with E-state index in [2.05, 4.69) is 0 Å². The molecule has 4 rings (SSSR count). The number of benzene rings is 2. The van der Waals surface area contributed by atoms with Crippen molar-refractivity contribution < 1.29 is 19.4 Å². The van der Waals surface area contributed by atoms with Gasteiger partial charge in [0.1, 0.15) is 30.4 Å². The van der Waals surface area contributed by atoms with Crippen LogP contribution in [0.15, 0.2) is 48.5 Å². The zero-order valence-corrected chi connectivity index (χ0v) is 15.9. The van der Waals surface area contributed by atoms with Crippen molar-refractivity contribution in [2.75, 3.05) is 13.2 Å². The minimum absolute atomic E-state index is 0.0141. The summed E-state index contributed by atoms with van der Waals surface area (Å²) in [6, 6.07) is 14.9. The van der Waals surface area contributed by atoms with E-state index in [0.29, 0.717) is 17.9 Å². The summed E-state index contributed by atoms with van der Waals surface area (Å²) < 4.78 is 13.6. The molecule has 1 aliphatic heterocycles. The molecule has 6 heteroatoms. The number of imidazole rings is 1. The first kappa shape index (κ1) is 18.7. The number of carbonyl (C=O) groups is 1. The van der Waals surface area contributed by atoms with Gasteiger partial charge in [0.15, 0.2) is 5.78 Å². The number of carbonyl (C=O) groups excluding carboxylic acids is 1. The van der Waals surface area contributed by atoms with Crippen LogP contribution in [0, 0.1) is 0 Å². The highest BCUT2D eigenvalue weighted by molar-refractivity contribution is 5.94. The molecule has 0 spiro atoms. The van der Waals surface area contributed by atoms with Crippen molar-refractivity contribution >= 4 is 16.8 Å². The van der Waals surface area contributed by atoms with Crippen LogP contribution in [-0.4, -0.2) is 39.8 Å². The van der Waals surface area contributed by atoms with Crippen molar-refractivity contribution in [1.82, 2.24) is 9.55 Å². The van der Waals surface area contributed by atoms with Gasteiger partial charge in [-0.1, -0.05) is 12.1 Å². The van der Waals surface area contributed by atoms with Crippen LogP contribution >= 0.6 is 0 Å². The van der Waals surface area contributed by atoms with Gasteiger partial charge in [0.05, 0.1) is 17.6 Å². The van der Waals surface area contributed by atoms with Crippen molar-refractivity contribution in [2.45, 2.75) is 38.5 Å². The Balaban J connectivity index is 1.47. The number of ketones is 1. The SMILES string of the molecule is CC(=O)c1ccc(OCC(O)Cn2c(C3CCCO3)nc3ccccc32)cc1. The summed E-state index contributed by atoms with van der Waals surface area (Å²) in [5.74, 6) is 1.50. The van der Waals surface area contributed by atoms with E-state index in [9.17, 15) is 9.90 Å². The minimum atomic E-state index is -0.703. The lowest BCUT2D eigenvalue weighted by Crippen LogP contribution is -2.25. The monoisotopic (exact) mass is 380 g/mol. The first-order chi connectivity index (χ1) is 13.6. The number of aliphatic hydroxyl groups is 1. The fourth-order valence-electron chi connectivity index (χ4n) is 3.55. The summed E-state index contributed by atoms with van der Waals surface area (Å²) in [7, 11) is 0. The third-order valence-electron chi connectivity index (χ3n) is 5.00. The van der Waals surface area contributed by atoms with Crippen LogP contribution in [0.1, 0.15) is 42.1 Å². The van der Waals surface area contributed by atoms with Crippen LogP contribution in [0.5, 0.6) is 5.75 Å². The average molecular weight is 380 g/mol. The number of hydrogen-bond donors (Lipinski definition) is 1. The molecule has 2 heterocycles. The van der Waals surface area contributed by atoms with Gasteiger partial charge < -0.3 is 19.1 Å². The Kier molecular flexibility index (Phi) is 5.41. The Bertz CT molecular complexity index is 958. The van der Waals surface area contributed by atoms with Gasteiger partial charge in [0, 0.05) is 12.2 Å². The number of para-hydroxylation sites is 2. The quantitative estimate of drug-likeness (QED) is 0.635. The molecule has 28 heavy (non-hydrogen) atoms. The third-order valence-corrected chi connectivity index (χ3v) is 5.00. The standard InChI is InChI=1S/C22H24N2O4/c1-15(25)16-8-10-18(11-9-16)28-14-17(26)13-24-20-6-3-2-5-19(20)23-22(24)21-7-4-12-27-21/h2-3,5-6,8-11,17,21,26H,4,7,12-14H2,1H3. The summed E-state index contributed by atoms with van der Waals surface area (Å²) in [6.07, 6.45) is 1.23. The summed E-state index contributed by atoms with van der Waals surface area (Å²) >= 11 is 0. The van der Waals surface area contributed by atoms with Crippen molar-refractivity contribution in [1.29, 1.82) is 0 Å². The van der Waals surface area contributed by atoms with E-state index in [1.807, 2.05) is 28.8 Å². The Labute approximate surface area is 163 Å². The third kappa shape index (κ3) is 3.93. The van der Waals surface area contributed by atoms with Gasteiger partial charge in [-0.05, 0) is 56.2 Å². The molecule has 3 aromatic rings. The lowest BCUT2D eigenvalue weighted by molar-refractivity contribution is 0.0805. The highest BCUT2D eigenvalue weighted by Gasteiger charge is 2.25. The number of nitrogens with zero attached hydrogens (tertiary/aromatic N) is 2. The van der Waals surface area contributed by atoms with Gasteiger partial charge in [-0.3, -0.25) is 4.79 Å². The fourth-order valence-corrected chi connectivity index (χ4v) is 3.55. The zero-order valence-electron chi connectivity index (χ0n) is 15.9. The molecule has 1 N–H and O–H groups in total. The lowest BCUT2D eigenvalue weighted by atomic mass is 10.1. The van der Waals surface area contributed by atoms with Gasteiger partial charge >= 0.3 is 0 Å². The molecular formula is C22H24N2O4. The lowest BCUT2D eigenvalue weighted by Gasteiger charge is -2.17. The first-order valence-corrected chi connectivity index (χ1v) is 9.60. The number of ether oxygens (including phenoxy) is 2. The highest BCUT2D eigenvalue weighted by atomic mass is 16.5. The molecule has 2 aromatic carbocycles. The van der Waals surface area contributed by atoms with Crippen molar-refractivity contribution in [3.8, 4) is 5.75 Å². The van der Waals surface area contributed by atoms with E-state index in [1.165, 1.54) is 6.92 Å². The summed E-state index contributed by atoms with van der Waals surface area (Å²) in [4.78, 5) is 16.1. The smallest absolute Gasteiger partial charge is 0.159 e. The molecule has 146 valence electrons.